The summed E-state index contributed by atoms with van der Waals surface area (Å²) in [6, 6.07) is 15.0. The number of carbonyl (C=O) groups is 2. The zero-order valence-electron chi connectivity index (χ0n) is 16.4. The van der Waals surface area contributed by atoms with E-state index in [-0.39, 0.29) is 17.9 Å². The van der Waals surface area contributed by atoms with Gasteiger partial charge in [0.05, 0.1) is 17.3 Å². The summed E-state index contributed by atoms with van der Waals surface area (Å²) in [6.45, 7) is 4.00. The van der Waals surface area contributed by atoms with Crippen molar-refractivity contribution in [2.45, 2.75) is 33.1 Å². The zero-order valence-corrected chi connectivity index (χ0v) is 18.0. The van der Waals surface area contributed by atoms with Crippen LogP contribution in [0.5, 0.6) is 0 Å². The third kappa shape index (κ3) is 5.01. The van der Waals surface area contributed by atoms with Crippen molar-refractivity contribution in [3.05, 3.63) is 69.7 Å². The number of aryl methyl sites for hydroxylation is 1. The molecule has 0 aliphatic carbocycles. The van der Waals surface area contributed by atoms with Crippen molar-refractivity contribution in [1.82, 2.24) is 0 Å². The van der Waals surface area contributed by atoms with E-state index in [2.05, 4.69) is 21.0 Å². The first-order valence-electron chi connectivity index (χ1n) is 9.56. The fourth-order valence-corrected chi connectivity index (χ4v) is 3.55. The summed E-state index contributed by atoms with van der Waals surface area (Å²) in [4.78, 5) is 25.0. The Morgan fingerprint density at radius 2 is 1.83 bits per heavy atom. The van der Waals surface area contributed by atoms with Gasteiger partial charge in [0.2, 0.25) is 0 Å². The van der Waals surface area contributed by atoms with E-state index in [1.54, 1.807) is 6.08 Å². The Bertz CT molecular complexity index is 963. The SMILES string of the molecule is CCCC1=NN(c2ccc(C)cc2)C(=O)C1C/C(=C/c1ccc(Br)cc1)C(=O)O. The molecule has 0 bridgehead atoms. The molecule has 1 N–H and O–H groups in total. The molecule has 0 saturated carbocycles. The van der Waals surface area contributed by atoms with Crippen LogP contribution in [0.15, 0.2) is 63.7 Å². The quantitative estimate of drug-likeness (QED) is 0.566. The molecule has 1 unspecified atom stereocenters. The van der Waals surface area contributed by atoms with E-state index in [1.807, 2.05) is 62.4 Å². The first-order chi connectivity index (χ1) is 13.9. The number of halogens is 1. The standard InChI is InChI=1S/C23H23BrN2O3/c1-3-4-21-20(22(27)26(25-21)19-11-5-15(2)6-12-19)14-17(23(28)29)13-16-7-9-18(24)10-8-16/h5-13,20H,3-4,14H2,1-2H3,(H,28,29)/b17-13-. The molecule has 0 fully saturated rings. The Labute approximate surface area is 178 Å². The topological polar surface area (TPSA) is 70.0 Å². The summed E-state index contributed by atoms with van der Waals surface area (Å²) in [6.07, 6.45) is 3.23. The second kappa shape index (κ2) is 9.18. The van der Waals surface area contributed by atoms with E-state index in [1.165, 1.54) is 5.01 Å². The zero-order chi connectivity index (χ0) is 21.0. The second-order valence-corrected chi connectivity index (χ2v) is 8.03. The van der Waals surface area contributed by atoms with Gasteiger partial charge < -0.3 is 5.11 Å². The molecule has 1 atom stereocenters. The fraction of sp³-hybridized carbons (Fsp3) is 0.261. The van der Waals surface area contributed by atoms with Crippen molar-refractivity contribution in [3.63, 3.8) is 0 Å². The molecule has 3 rings (SSSR count). The summed E-state index contributed by atoms with van der Waals surface area (Å²) < 4.78 is 0.920. The number of hydrogen-bond acceptors (Lipinski definition) is 3. The molecule has 6 heteroatoms. The van der Waals surface area contributed by atoms with Gasteiger partial charge in [0.1, 0.15) is 0 Å². The maximum Gasteiger partial charge on any atom is 0.331 e. The van der Waals surface area contributed by atoms with Crippen molar-refractivity contribution in [3.8, 4) is 0 Å². The van der Waals surface area contributed by atoms with Gasteiger partial charge in [0.15, 0.2) is 0 Å². The Balaban J connectivity index is 1.89. The highest BCUT2D eigenvalue weighted by Crippen LogP contribution is 2.30. The number of anilines is 1. The monoisotopic (exact) mass is 454 g/mol. The number of rotatable bonds is 7. The Morgan fingerprint density at radius 1 is 1.17 bits per heavy atom. The molecule has 1 amide bonds. The average molecular weight is 455 g/mol. The van der Waals surface area contributed by atoms with E-state index < -0.39 is 11.9 Å². The van der Waals surface area contributed by atoms with E-state index in [9.17, 15) is 14.7 Å². The number of carboxylic acid groups (broad SMARTS) is 1. The number of carboxylic acids is 1. The molecule has 0 spiro atoms. The average Bonchev–Trinajstić information content (AvgIpc) is 2.99. The van der Waals surface area contributed by atoms with Gasteiger partial charge in [-0.1, -0.05) is 59.1 Å². The summed E-state index contributed by atoms with van der Waals surface area (Å²) in [7, 11) is 0. The molecule has 150 valence electrons. The third-order valence-corrected chi connectivity index (χ3v) is 5.36. The van der Waals surface area contributed by atoms with Crippen LogP contribution in [-0.4, -0.2) is 22.7 Å². The highest BCUT2D eigenvalue weighted by atomic mass is 79.9. The van der Waals surface area contributed by atoms with Crippen molar-refractivity contribution >= 4 is 45.3 Å². The number of nitrogens with zero attached hydrogens (tertiary/aromatic N) is 2. The van der Waals surface area contributed by atoms with Crippen molar-refractivity contribution < 1.29 is 14.7 Å². The van der Waals surface area contributed by atoms with Crippen molar-refractivity contribution in [2.24, 2.45) is 11.0 Å². The predicted molar refractivity (Wildman–Crippen MR) is 119 cm³/mol. The second-order valence-electron chi connectivity index (χ2n) is 7.11. The van der Waals surface area contributed by atoms with Crippen LogP contribution in [0.2, 0.25) is 0 Å². The highest BCUT2D eigenvalue weighted by Gasteiger charge is 2.37. The minimum Gasteiger partial charge on any atom is -0.478 e. The minimum absolute atomic E-state index is 0.116. The van der Waals surface area contributed by atoms with Crippen LogP contribution < -0.4 is 5.01 Å². The lowest BCUT2D eigenvalue weighted by molar-refractivity contribution is -0.132. The molecule has 29 heavy (non-hydrogen) atoms. The first kappa shape index (κ1) is 21.0. The number of aliphatic carboxylic acids is 1. The lowest BCUT2D eigenvalue weighted by Gasteiger charge is -2.15. The maximum absolute atomic E-state index is 13.1. The van der Waals surface area contributed by atoms with Crippen LogP contribution in [0.25, 0.3) is 6.08 Å². The number of hydrogen-bond donors (Lipinski definition) is 1. The van der Waals surface area contributed by atoms with Crippen LogP contribution in [0.4, 0.5) is 5.69 Å². The highest BCUT2D eigenvalue weighted by molar-refractivity contribution is 9.10. The molecule has 0 aromatic heterocycles. The molecule has 1 aliphatic rings. The Kier molecular flexibility index (Phi) is 6.64. The number of amides is 1. The molecular formula is C23H23BrN2O3. The molecule has 2 aromatic rings. The summed E-state index contributed by atoms with van der Waals surface area (Å²) in [5, 5.41) is 15.7. The van der Waals surface area contributed by atoms with Gasteiger partial charge in [-0.3, -0.25) is 4.79 Å². The lowest BCUT2D eigenvalue weighted by atomic mass is 9.91. The normalized spacial score (nSPS) is 16.9. The number of benzene rings is 2. The van der Waals surface area contributed by atoms with E-state index in [0.29, 0.717) is 12.1 Å². The van der Waals surface area contributed by atoms with Gasteiger partial charge in [0, 0.05) is 10.0 Å². The third-order valence-electron chi connectivity index (χ3n) is 4.83. The minimum atomic E-state index is -1.02. The van der Waals surface area contributed by atoms with E-state index >= 15 is 0 Å². The van der Waals surface area contributed by atoms with Crippen LogP contribution in [0.3, 0.4) is 0 Å². The maximum atomic E-state index is 13.1. The Morgan fingerprint density at radius 3 is 2.41 bits per heavy atom. The molecule has 2 aromatic carbocycles. The van der Waals surface area contributed by atoms with Gasteiger partial charge in [-0.2, -0.15) is 5.10 Å². The molecule has 1 heterocycles. The van der Waals surface area contributed by atoms with E-state index in [0.717, 1.165) is 27.7 Å². The Hall–Kier alpha value is -2.73. The smallest absolute Gasteiger partial charge is 0.331 e. The lowest BCUT2D eigenvalue weighted by Crippen LogP contribution is -2.28. The van der Waals surface area contributed by atoms with Gasteiger partial charge in [-0.25, -0.2) is 9.80 Å². The van der Waals surface area contributed by atoms with Crippen molar-refractivity contribution in [1.29, 1.82) is 0 Å². The van der Waals surface area contributed by atoms with Crippen LogP contribution in [0, 0.1) is 12.8 Å². The molecule has 0 radical (unpaired) electrons. The fourth-order valence-electron chi connectivity index (χ4n) is 3.28. The first-order valence-corrected chi connectivity index (χ1v) is 10.4. The van der Waals surface area contributed by atoms with E-state index in [4.69, 9.17) is 0 Å². The number of carbonyl (C=O) groups excluding carboxylic acids is 1. The molecule has 1 aliphatic heterocycles. The van der Waals surface area contributed by atoms with Gasteiger partial charge >= 0.3 is 5.97 Å². The molecular weight excluding hydrogens is 432 g/mol. The van der Waals surface area contributed by atoms with Crippen LogP contribution in [0.1, 0.15) is 37.3 Å². The predicted octanol–water partition coefficient (Wildman–Crippen LogP) is 5.43. The van der Waals surface area contributed by atoms with Crippen LogP contribution >= 0.6 is 15.9 Å². The van der Waals surface area contributed by atoms with Crippen LogP contribution in [-0.2, 0) is 9.59 Å². The summed E-state index contributed by atoms with van der Waals surface area (Å²) in [5.74, 6) is -1.76. The largest absolute Gasteiger partial charge is 0.478 e. The van der Waals surface area contributed by atoms with Gasteiger partial charge in [-0.15, -0.1) is 0 Å². The summed E-state index contributed by atoms with van der Waals surface area (Å²) in [5.41, 5.74) is 3.51. The summed E-state index contributed by atoms with van der Waals surface area (Å²) >= 11 is 3.37. The van der Waals surface area contributed by atoms with Gasteiger partial charge in [-0.05, 0) is 55.7 Å². The van der Waals surface area contributed by atoms with Crippen molar-refractivity contribution in [2.75, 3.05) is 5.01 Å². The molecule has 0 saturated heterocycles. The van der Waals surface area contributed by atoms with Gasteiger partial charge in [0.25, 0.3) is 5.91 Å². The number of hydrazone groups is 1. The molecule has 5 nitrogen and oxygen atoms in total.